The molecule has 12 heavy (non-hydrogen) atoms. The summed E-state index contributed by atoms with van der Waals surface area (Å²) in [6.45, 7) is 2.80. The predicted molar refractivity (Wildman–Crippen MR) is 53.4 cm³/mol. The normalized spacial score (nSPS) is 12.6. The molecule has 0 aliphatic carbocycles. The first kappa shape index (κ1) is 9.07. The zero-order valence-electron chi connectivity index (χ0n) is 7.70. The lowest BCUT2D eigenvalue weighted by molar-refractivity contribution is 0.695. The third kappa shape index (κ3) is 1.98. The molecule has 66 valence electrons. The fourth-order valence-corrected chi connectivity index (χ4v) is 1.08. The highest BCUT2D eigenvalue weighted by Gasteiger charge is 2.05. The molecule has 1 aromatic rings. The number of nitrogens with zero attached hydrogens (tertiary/aromatic N) is 1. The second-order valence-corrected chi connectivity index (χ2v) is 3.03. The van der Waals surface area contributed by atoms with Crippen LogP contribution in [0.15, 0.2) is 30.3 Å². The molecule has 2 nitrogen and oxygen atoms in total. The Hall–Kier alpha value is -1.02. The quantitative estimate of drug-likeness (QED) is 0.733. The number of hydrogen-bond acceptors (Lipinski definition) is 2. The third-order valence-corrected chi connectivity index (χ3v) is 2.17. The van der Waals surface area contributed by atoms with E-state index in [9.17, 15) is 0 Å². The molecule has 0 bridgehead atoms. The van der Waals surface area contributed by atoms with Gasteiger partial charge in [0.15, 0.2) is 0 Å². The fraction of sp³-hybridized carbons (Fsp3) is 0.400. The Bertz CT molecular complexity index is 221. The number of nitrogens with two attached hydrogens (primary N) is 1. The average Bonchev–Trinajstić information content (AvgIpc) is 2.17. The van der Waals surface area contributed by atoms with Gasteiger partial charge in [-0.15, -0.1) is 0 Å². The monoisotopic (exact) mass is 164 g/mol. The lowest BCUT2D eigenvalue weighted by Gasteiger charge is -2.25. The van der Waals surface area contributed by atoms with Crippen LogP contribution < -0.4 is 10.6 Å². The third-order valence-electron chi connectivity index (χ3n) is 2.17. The summed E-state index contributed by atoms with van der Waals surface area (Å²) in [6.07, 6.45) is 0. The van der Waals surface area contributed by atoms with E-state index in [-0.39, 0.29) is 0 Å². The number of anilines is 1. The van der Waals surface area contributed by atoms with Crippen LogP contribution in [0.1, 0.15) is 6.92 Å². The Labute approximate surface area is 74.0 Å². The Kier molecular flexibility index (Phi) is 3.11. The number of likely N-dealkylation sites (N-methyl/N-ethyl adjacent to an activating group) is 1. The molecule has 0 fully saturated rings. The number of para-hydroxylation sites is 1. The van der Waals surface area contributed by atoms with E-state index in [1.807, 2.05) is 18.2 Å². The van der Waals surface area contributed by atoms with Crippen molar-refractivity contribution in [2.24, 2.45) is 5.73 Å². The van der Waals surface area contributed by atoms with Crippen molar-refractivity contribution in [2.75, 3.05) is 18.5 Å². The van der Waals surface area contributed by atoms with E-state index >= 15 is 0 Å². The molecule has 0 saturated carbocycles. The smallest absolute Gasteiger partial charge is 0.0380 e. The topological polar surface area (TPSA) is 29.3 Å². The van der Waals surface area contributed by atoms with E-state index in [1.165, 1.54) is 5.69 Å². The molecule has 0 aliphatic heterocycles. The number of rotatable bonds is 3. The van der Waals surface area contributed by atoms with Gasteiger partial charge < -0.3 is 10.6 Å². The zero-order valence-corrected chi connectivity index (χ0v) is 7.70. The maximum absolute atomic E-state index is 5.57. The molecule has 0 amide bonds. The molecule has 0 spiro atoms. The largest absolute Gasteiger partial charge is 0.371 e. The summed E-state index contributed by atoms with van der Waals surface area (Å²) in [5, 5.41) is 0. The van der Waals surface area contributed by atoms with Crippen molar-refractivity contribution >= 4 is 5.69 Å². The maximum Gasteiger partial charge on any atom is 0.0380 e. The van der Waals surface area contributed by atoms with Crippen molar-refractivity contribution in [3.05, 3.63) is 30.3 Å². The Morgan fingerprint density at radius 3 is 2.42 bits per heavy atom. The van der Waals surface area contributed by atoms with Gasteiger partial charge in [0.05, 0.1) is 0 Å². The van der Waals surface area contributed by atoms with Crippen LogP contribution >= 0.6 is 0 Å². The minimum Gasteiger partial charge on any atom is -0.371 e. The number of benzene rings is 1. The highest BCUT2D eigenvalue weighted by atomic mass is 15.1. The Morgan fingerprint density at radius 2 is 1.92 bits per heavy atom. The molecule has 0 aromatic heterocycles. The molecular formula is C10H16N2. The SMILES string of the molecule is C[C@H](CN)N(C)c1ccccc1. The van der Waals surface area contributed by atoms with Crippen molar-refractivity contribution in [1.82, 2.24) is 0 Å². The molecule has 0 saturated heterocycles. The molecule has 0 heterocycles. The van der Waals surface area contributed by atoms with E-state index in [4.69, 9.17) is 5.73 Å². The van der Waals surface area contributed by atoms with Gasteiger partial charge in [0, 0.05) is 25.3 Å². The van der Waals surface area contributed by atoms with Crippen molar-refractivity contribution in [1.29, 1.82) is 0 Å². The summed E-state index contributed by atoms with van der Waals surface area (Å²) in [4.78, 5) is 2.18. The van der Waals surface area contributed by atoms with Crippen LogP contribution in [0, 0.1) is 0 Å². The standard InChI is InChI=1S/C10H16N2/c1-9(8-11)12(2)10-6-4-3-5-7-10/h3-7,9H,8,11H2,1-2H3/t9-/m1/s1. The van der Waals surface area contributed by atoms with Crippen LogP contribution in [-0.4, -0.2) is 19.6 Å². The van der Waals surface area contributed by atoms with Gasteiger partial charge in [-0.25, -0.2) is 0 Å². The van der Waals surface area contributed by atoms with E-state index < -0.39 is 0 Å². The Balaban J connectivity index is 2.71. The summed E-state index contributed by atoms with van der Waals surface area (Å²) >= 11 is 0. The molecule has 2 N–H and O–H groups in total. The average molecular weight is 164 g/mol. The van der Waals surface area contributed by atoms with Gasteiger partial charge in [-0.3, -0.25) is 0 Å². The summed E-state index contributed by atoms with van der Waals surface area (Å²) in [5.74, 6) is 0. The van der Waals surface area contributed by atoms with Gasteiger partial charge in [-0.2, -0.15) is 0 Å². The first-order chi connectivity index (χ1) is 5.75. The second kappa shape index (κ2) is 4.12. The zero-order chi connectivity index (χ0) is 8.97. The van der Waals surface area contributed by atoms with Crippen LogP contribution in [0.5, 0.6) is 0 Å². The van der Waals surface area contributed by atoms with Gasteiger partial charge in [-0.1, -0.05) is 18.2 Å². The summed E-state index contributed by atoms with van der Waals surface area (Å²) in [6, 6.07) is 10.7. The van der Waals surface area contributed by atoms with E-state index in [0.717, 1.165) is 0 Å². The predicted octanol–water partition coefficient (Wildman–Crippen LogP) is 1.47. The van der Waals surface area contributed by atoms with Gasteiger partial charge >= 0.3 is 0 Å². The van der Waals surface area contributed by atoms with Crippen LogP contribution in [0.3, 0.4) is 0 Å². The fourth-order valence-electron chi connectivity index (χ4n) is 1.08. The Morgan fingerprint density at radius 1 is 1.33 bits per heavy atom. The summed E-state index contributed by atoms with van der Waals surface area (Å²) in [5.41, 5.74) is 6.79. The van der Waals surface area contributed by atoms with Crippen molar-refractivity contribution in [3.8, 4) is 0 Å². The molecule has 1 rings (SSSR count). The first-order valence-electron chi connectivity index (χ1n) is 4.23. The van der Waals surface area contributed by atoms with Crippen molar-refractivity contribution in [2.45, 2.75) is 13.0 Å². The van der Waals surface area contributed by atoms with E-state index in [0.29, 0.717) is 12.6 Å². The molecule has 1 atom stereocenters. The number of hydrogen-bond donors (Lipinski definition) is 1. The van der Waals surface area contributed by atoms with Gasteiger partial charge in [0.25, 0.3) is 0 Å². The van der Waals surface area contributed by atoms with Crippen LogP contribution in [0.4, 0.5) is 5.69 Å². The lowest BCUT2D eigenvalue weighted by Crippen LogP contribution is -2.35. The molecule has 2 heteroatoms. The molecule has 0 aliphatic rings. The molecular weight excluding hydrogens is 148 g/mol. The van der Waals surface area contributed by atoms with Crippen molar-refractivity contribution in [3.63, 3.8) is 0 Å². The first-order valence-corrected chi connectivity index (χ1v) is 4.23. The molecule has 0 unspecified atom stereocenters. The van der Waals surface area contributed by atoms with Crippen LogP contribution in [0.25, 0.3) is 0 Å². The van der Waals surface area contributed by atoms with Gasteiger partial charge in [0.1, 0.15) is 0 Å². The summed E-state index contributed by atoms with van der Waals surface area (Å²) < 4.78 is 0. The minimum absolute atomic E-state index is 0.396. The highest BCUT2D eigenvalue weighted by Crippen LogP contribution is 2.12. The molecule has 1 aromatic carbocycles. The second-order valence-electron chi connectivity index (χ2n) is 3.03. The van der Waals surface area contributed by atoms with Gasteiger partial charge in [0.2, 0.25) is 0 Å². The van der Waals surface area contributed by atoms with Crippen LogP contribution in [0.2, 0.25) is 0 Å². The molecule has 0 radical (unpaired) electrons. The highest BCUT2D eigenvalue weighted by molar-refractivity contribution is 5.45. The lowest BCUT2D eigenvalue weighted by atomic mass is 10.2. The maximum atomic E-state index is 5.57. The minimum atomic E-state index is 0.396. The van der Waals surface area contributed by atoms with Crippen molar-refractivity contribution < 1.29 is 0 Å². The van der Waals surface area contributed by atoms with E-state index in [1.54, 1.807) is 0 Å². The van der Waals surface area contributed by atoms with Crippen LogP contribution in [-0.2, 0) is 0 Å². The van der Waals surface area contributed by atoms with Gasteiger partial charge in [-0.05, 0) is 19.1 Å². The summed E-state index contributed by atoms with van der Waals surface area (Å²) in [7, 11) is 2.06. The van der Waals surface area contributed by atoms with E-state index in [2.05, 4.69) is 31.0 Å².